The summed E-state index contributed by atoms with van der Waals surface area (Å²) in [6.07, 6.45) is -3.59. The summed E-state index contributed by atoms with van der Waals surface area (Å²) >= 11 is 0.658. The molecule has 3 aromatic rings. The molecule has 1 aromatic carbocycles. The molecule has 0 radical (unpaired) electrons. The zero-order chi connectivity index (χ0) is 31.3. The number of halogens is 5. The number of alkyl halides is 5. The Hall–Kier alpha value is -3.64. The Morgan fingerprint density at radius 2 is 2.02 bits per heavy atom. The molecule has 2 aliphatic heterocycles. The maximum absolute atomic E-state index is 14.1. The molecule has 0 saturated carbocycles. The number of nitrogens with zero attached hydrogens (tertiary/aromatic N) is 4. The highest BCUT2D eigenvalue weighted by Gasteiger charge is 2.44. The number of nitrogens with one attached hydrogen (secondary N) is 1. The number of ether oxygens (including phenoxy) is 1. The molecule has 2 fully saturated rings. The van der Waals surface area contributed by atoms with Crippen molar-refractivity contribution < 1.29 is 44.7 Å². The van der Waals surface area contributed by atoms with Crippen molar-refractivity contribution in [2.24, 2.45) is 0 Å². The minimum atomic E-state index is -4.84. The van der Waals surface area contributed by atoms with E-state index in [0.717, 1.165) is 24.3 Å². The van der Waals surface area contributed by atoms with Crippen molar-refractivity contribution >= 4 is 55.0 Å². The number of benzene rings is 1. The Bertz CT molecular complexity index is 1680. The van der Waals surface area contributed by atoms with Gasteiger partial charge in [-0.3, -0.25) is 4.79 Å². The maximum Gasteiger partial charge on any atom is 0.416 e. The molecule has 2 aliphatic rings. The van der Waals surface area contributed by atoms with Gasteiger partial charge < -0.3 is 20.3 Å². The number of amides is 1. The average molecular weight is 649 g/mol. The van der Waals surface area contributed by atoms with E-state index in [-0.39, 0.29) is 45.6 Å². The molecule has 2 saturated heterocycles. The predicted octanol–water partition coefficient (Wildman–Crippen LogP) is 2.80. The van der Waals surface area contributed by atoms with E-state index >= 15 is 0 Å². The Balaban J connectivity index is 1.37. The summed E-state index contributed by atoms with van der Waals surface area (Å²) < 4.78 is 102. The van der Waals surface area contributed by atoms with E-state index in [0.29, 0.717) is 16.7 Å². The molecule has 232 valence electrons. The van der Waals surface area contributed by atoms with Gasteiger partial charge in [0.15, 0.2) is 9.34 Å². The number of esters is 1. The predicted molar refractivity (Wildman–Crippen MR) is 145 cm³/mol. The number of nitrogen functional groups attached to an aromatic ring is 1. The summed E-state index contributed by atoms with van der Waals surface area (Å²) in [4.78, 5) is 36.1. The third-order valence-corrected chi connectivity index (χ3v) is 10.3. The number of likely N-dealkylation sites (tertiary alicyclic amines) is 1. The van der Waals surface area contributed by atoms with Crippen LogP contribution in [0.3, 0.4) is 0 Å². The lowest BCUT2D eigenvalue weighted by Crippen LogP contribution is -2.48. The van der Waals surface area contributed by atoms with Gasteiger partial charge in [-0.1, -0.05) is 17.4 Å². The van der Waals surface area contributed by atoms with Crippen LogP contribution >= 0.6 is 11.3 Å². The van der Waals surface area contributed by atoms with Crippen molar-refractivity contribution in [3.05, 3.63) is 41.7 Å². The lowest BCUT2D eigenvalue weighted by Gasteiger charge is -2.27. The van der Waals surface area contributed by atoms with Crippen molar-refractivity contribution in [1.29, 1.82) is 0 Å². The van der Waals surface area contributed by atoms with Crippen molar-refractivity contribution in [1.82, 2.24) is 19.6 Å². The van der Waals surface area contributed by atoms with E-state index in [2.05, 4.69) is 14.7 Å². The molecule has 1 unspecified atom stereocenters. The van der Waals surface area contributed by atoms with Gasteiger partial charge in [-0.05, 0) is 29.5 Å². The van der Waals surface area contributed by atoms with Crippen LogP contribution in [0.1, 0.15) is 24.0 Å². The van der Waals surface area contributed by atoms with Gasteiger partial charge in [0.25, 0.3) is 15.9 Å². The van der Waals surface area contributed by atoms with Crippen molar-refractivity contribution in [2.75, 3.05) is 37.4 Å². The number of rotatable bonds is 8. The minimum absolute atomic E-state index is 0.00402. The van der Waals surface area contributed by atoms with E-state index < -0.39 is 71.0 Å². The number of pyridine rings is 1. The van der Waals surface area contributed by atoms with E-state index in [1.807, 2.05) is 0 Å². The Morgan fingerprint density at radius 3 is 2.67 bits per heavy atom. The van der Waals surface area contributed by atoms with Crippen LogP contribution < -0.4 is 15.4 Å². The van der Waals surface area contributed by atoms with Gasteiger partial charge in [0.05, 0.1) is 25.4 Å². The first-order chi connectivity index (χ1) is 20.1. The molecule has 3 N–H and O–H groups in total. The topological polar surface area (TPSA) is 148 Å². The van der Waals surface area contributed by atoms with Gasteiger partial charge in [-0.15, -0.1) is 0 Å². The quantitative estimate of drug-likeness (QED) is 0.278. The molecule has 5 rings (SSSR count). The summed E-state index contributed by atoms with van der Waals surface area (Å²) in [7, 11) is -3.32. The number of anilines is 2. The zero-order valence-electron chi connectivity index (χ0n) is 22.4. The number of fused-ring (bicyclic) bond motifs is 1. The fourth-order valence-electron chi connectivity index (χ4n) is 5.17. The molecule has 0 bridgehead atoms. The lowest BCUT2D eigenvalue weighted by atomic mass is 9.95. The summed E-state index contributed by atoms with van der Waals surface area (Å²) in [6.45, 7) is -0.764. The number of aromatic nitrogens is 2. The molecule has 0 aliphatic carbocycles. The monoisotopic (exact) mass is 648 g/mol. The number of carbonyl (C=O) groups is 2. The standard InChI is InChI=1S/C25H25F5N6O5S2/c1-41-22(38)18(9-14-8-13-2-5-32-20(31)15(13)10-16(14)25(28,29)30)36-6-3-17(21(36)37)34-43(39,40)19-11-33-23(42-19)35-7-4-24(26,27)12-35/h2,5,8,10-11,17-18,34H,3-4,6-7,9,12H2,1H3,(H2,31,32)/t17-,18?/m0/s1. The number of carbonyl (C=O) groups excluding carboxylic acids is 2. The number of sulfonamides is 1. The van der Waals surface area contributed by atoms with Crippen LogP contribution in [0.5, 0.6) is 0 Å². The molecular weight excluding hydrogens is 623 g/mol. The normalized spacial score (nSPS) is 19.8. The highest BCUT2D eigenvalue weighted by molar-refractivity contribution is 7.91. The number of hydrogen-bond donors (Lipinski definition) is 2. The largest absolute Gasteiger partial charge is 0.467 e. The van der Waals surface area contributed by atoms with Crippen molar-refractivity contribution in [3.8, 4) is 0 Å². The van der Waals surface area contributed by atoms with Crippen LogP contribution in [-0.4, -0.2) is 79.9 Å². The van der Waals surface area contributed by atoms with Gasteiger partial charge in [-0.2, -0.15) is 17.9 Å². The number of thiazole rings is 1. The van der Waals surface area contributed by atoms with Gasteiger partial charge in [0, 0.05) is 37.5 Å². The maximum atomic E-state index is 14.1. The molecule has 4 heterocycles. The van der Waals surface area contributed by atoms with E-state index in [1.165, 1.54) is 23.2 Å². The smallest absolute Gasteiger partial charge is 0.416 e. The minimum Gasteiger partial charge on any atom is -0.467 e. The third-order valence-electron chi connectivity index (χ3n) is 7.30. The highest BCUT2D eigenvalue weighted by atomic mass is 32.2. The van der Waals surface area contributed by atoms with E-state index in [1.54, 1.807) is 0 Å². The number of methoxy groups -OCH3 is 1. The first-order valence-corrected chi connectivity index (χ1v) is 15.1. The van der Waals surface area contributed by atoms with E-state index in [9.17, 15) is 40.0 Å². The second-order valence-corrected chi connectivity index (χ2v) is 13.1. The summed E-state index contributed by atoms with van der Waals surface area (Å²) in [5.74, 6) is -4.87. The molecule has 0 spiro atoms. The second kappa shape index (κ2) is 11.1. The van der Waals surface area contributed by atoms with Crippen LogP contribution in [-0.2, 0) is 36.9 Å². The molecule has 18 heteroatoms. The van der Waals surface area contributed by atoms with Gasteiger partial charge >= 0.3 is 12.1 Å². The average Bonchev–Trinajstić information content (AvgIpc) is 3.65. The number of nitrogens with two attached hydrogens (primary N) is 1. The van der Waals surface area contributed by atoms with Crippen LogP contribution in [0.15, 0.2) is 34.8 Å². The number of hydrogen-bond acceptors (Lipinski definition) is 10. The van der Waals surface area contributed by atoms with E-state index in [4.69, 9.17) is 10.5 Å². The molecule has 11 nitrogen and oxygen atoms in total. The SMILES string of the molecule is COC(=O)C(Cc1cc2ccnc(N)c2cc1C(F)(F)F)N1CC[C@H](NS(=O)(=O)c2cnc(N3CCC(F)(F)C3)s2)C1=O. The fraction of sp³-hybridized carbons (Fsp3) is 0.440. The molecule has 1 amide bonds. The van der Waals surface area contributed by atoms with Gasteiger partial charge in [0.1, 0.15) is 17.9 Å². The molecule has 43 heavy (non-hydrogen) atoms. The van der Waals surface area contributed by atoms with Crippen LogP contribution in [0.2, 0.25) is 0 Å². The Morgan fingerprint density at radius 1 is 1.28 bits per heavy atom. The van der Waals surface area contributed by atoms with Crippen LogP contribution in [0.25, 0.3) is 10.8 Å². The Labute approximate surface area is 245 Å². The van der Waals surface area contributed by atoms with Crippen molar-refractivity contribution in [2.45, 2.75) is 47.7 Å². The molecule has 2 aromatic heterocycles. The first kappa shape index (κ1) is 30.8. The molecule has 2 atom stereocenters. The lowest BCUT2D eigenvalue weighted by molar-refractivity contribution is -0.151. The second-order valence-electron chi connectivity index (χ2n) is 10.2. The van der Waals surface area contributed by atoms with Gasteiger partial charge in [0.2, 0.25) is 5.91 Å². The summed E-state index contributed by atoms with van der Waals surface area (Å²) in [5, 5.41) is 0.472. The summed E-state index contributed by atoms with van der Waals surface area (Å²) in [6, 6.07) is 0.648. The van der Waals surface area contributed by atoms with Crippen LogP contribution in [0, 0.1) is 0 Å². The highest BCUT2D eigenvalue weighted by Crippen LogP contribution is 2.38. The van der Waals surface area contributed by atoms with Crippen molar-refractivity contribution in [3.63, 3.8) is 0 Å². The fourth-order valence-corrected chi connectivity index (χ4v) is 7.56. The van der Waals surface area contributed by atoms with Crippen LogP contribution in [0.4, 0.5) is 32.9 Å². The summed E-state index contributed by atoms with van der Waals surface area (Å²) in [5.41, 5.74) is 4.38. The molecular formula is C25H25F5N6O5S2. The third kappa shape index (κ3) is 6.21. The Kier molecular flexibility index (Phi) is 7.97. The zero-order valence-corrected chi connectivity index (χ0v) is 24.0. The first-order valence-electron chi connectivity index (χ1n) is 12.8. The van der Waals surface area contributed by atoms with Gasteiger partial charge in [-0.25, -0.2) is 32.0 Å².